The van der Waals surface area contributed by atoms with E-state index >= 15 is 0 Å². The van der Waals surface area contributed by atoms with E-state index in [4.69, 9.17) is 4.42 Å². The first-order chi connectivity index (χ1) is 7.66. The number of nitrogens with one attached hydrogen (secondary N) is 1. The molecule has 0 spiro atoms. The average Bonchev–Trinajstić information content (AvgIpc) is 2.63. The summed E-state index contributed by atoms with van der Waals surface area (Å²) in [5.41, 5.74) is 2.94. The minimum atomic E-state index is -0.211. The maximum Gasteiger partial charge on any atom is 0.125 e. The van der Waals surface area contributed by atoms with Gasteiger partial charge in [0.05, 0.1) is 12.8 Å². The molecule has 0 amide bonds. The van der Waals surface area contributed by atoms with E-state index < -0.39 is 0 Å². The third-order valence-electron chi connectivity index (χ3n) is 2.60. The van der Waals surface area contributed by atoms with E-state index in [0.29, 0.717) is 6.54 Å². The quantitative estimate of drug-likeness (QED) is 0.852. The lowest BCUT2D eigenvalue weighted by atomic mass is 10.2. The zero-order valence-corrected chi connectivity index (χ0v) is 9.38. The fourth-order valence-electron chi connectivity index (χ4n) is 1.59. The SMILES string of the molecule is Cc1cc(F)ccc1NCc1occc1C. The molecule has 1 heterocycles. The second-order valence-electron chi connectivity index (χ2n) is 3.84. The fraction of sp³-hybridized carbons (Fsp3) is 0.231. The van der Waals surface area contributed by atoms with Gasteiger partial charge in [0, 0.05) is 5.69 Å². The van der Waals surface area contributed by atoms with E-state index in [1.54, 1.807) is 12.3 Å². The van der Waals surface area contributed by atoms with Crippen LogP contribution < -0.4 is 5.32 Å². The monoisotopic (exact) mass is 219 g/mol. The summed E-state index contributed by atoms with van der Waals surface area (Å²) < 4.78 is 18.2. The second-order valence-corrected chi connectivity index (χ2v) is 3.84. The Bertz CT molecular complexity index is 490. The Morgan fingerprint density at radius 2 is 2.00 bits per heavy atom. The number of hydrogen-bond acceptors (Lipinski definition) is 2. The smallest absolute Gasteiger partial charge is 0.125 e. The zero-order chi connectivity index (χ0) is 11.5. The summed E-state index contributed by atoms with van der Waals surface area (Å²) in [4.78, 5) is 0. The number of anilines is 1. The lowest BCUT2D eigenvalue weighted by Crippen LogP contribution is -2.01. The molecule has 0 saturated heterocycles. The van der Waals surface area contributed by atoms with Crippen LogP contribution in [-0.4, -0.2) is 0 Å². The van der Waals surface area contributed by atoms with Crippen molar-refractivity contribution in [3.8, 4) is 0 Å². The van der Waals surface area contributed by atoms with Crippen LogP contribution in [0.4, 0.5) is 10.1 Å². The summed E-state index contributed by atoms with van der Waals surface area (Å²) in [6.45, 7) is 4.49. The lowest BCUT2D eigenvalue weighted by Gasteiger charge is -2.08. The van der Waals surface area contributed by atoms with Crippen molar-refractivity contribution >= 4 is 5.69 Å². The van der Waals surface area contributed by atoms with E-state index in [2.05, 4.69) is 5.32 Å². The molecule has 0 aliphatic heterocycles. The van der Waals surface area contributed by atoms with Crippen molar-refractivity contribution in [3.05, 3.63) is 53.2 Å². The van der Waals surface area contributed by atoms with Gasteiger partial charge in [0.15, 0.2) is 0 Å². The first-order valence-corrected chi connectivity index (χ1v) is 5.20. The van der Waals surface area contributed by atoms with Gasteiger partial charge in [0.25, 0.3) is 0 Å². The predicted octanol–water partition coefficient (Wildman–Crippen LogP) is 3.65. The number of aryl methyl sites for hydroxylation is 2. The maximum atomic E-state index is 12.9. The van der Waals surface area contributed by atoms with E-state index in [1.165, 1.54) is 12.1 Å². The van der Waals surface area contributed by atoms with Crippen molar-refractivity contribution in [2.24, 2.45) is 0 Å². The average molecular weight is 219 g/mol. The molecule has 1 aromatic heterocycles. The number of hydrogen-bond donors (Lipinski definition) is 1. The molecule has 2 rings (SSSR count). The first-order valence-electron chi connectivity index (χ1n) is 5.20. The molecule has 0 radical (unpaired) electrons. The predicted molar refractivity (Wildman–Crippen MR) is 61.9 cm³/mol. The summed E-state index contributed by atoms with van der Waals surface area (Å²) in [5.74, 6) is 0.695. The van der Waals surface area contributed by atoms with Crippen molar-refractivity contribution in [1.29, 1.82) is 0 Å². The van der Waals surface area contributed by atoms with Crippen LogP contribution in [0.25, 0.3) is 0 Å². The lowest BCUT2D eigenvalue weighted by molar-refractivity contribution is 0.515. The number of furan rings is 1. The van der Waals surface area contributed by atoms with Gasteiger partial charge in [-0.05, 0) is 49.2 Å². The molecule has 0 aliphatic carbocycles. The Morgan fingerprint density at radius 1 is 1.19 bits per heavy atom. The molecule has 0 fully saturated rings. The molecular formula is C13H14FNO. The van der Waals surface area contributed by atoms with E-state index in [9.17, 15) is 4.39 Å². The molecule has 16 heavy (non-hydrogen) atoms. The summed E-state index contributed by atoms with van der Waals surface area (Å²) in [6.07, 6.45) is 1.67. The van der Waals surface area contributed by atoms with Gasteiger partial charge in [-0.3, -0.25) is 0 Å². The van der Waals surface area contributed by atoms with Gasteiger partial charge in [0.2, 0.25) is 0 Å². The van der Waals surface area contributed by atoms with Gasteiger partial charge in [-0.2, -0.15) is 0 Å². The minimum absolute atomic E-state index is 0.211. The molecule has 3 heteroatoms. The van der Waals surface area contributed by atoms with Crippen molar-refractivity contribution in [1.82, 2.24) is 0 Å². The normalized spacial score (nSPS) is 10.4. The highest BCUT2D eigenvalue weighted by atomic mass is 19.1. The van der Waals surface area contributed by atoms with Crippen LogP contribution in [0, 0.1) is 19.7 Å². The molecule has 2 nitrogen and oxygen atoms in total. The molecule has 1 N–H and O–H groups in total. The highest BCUT2D eigenvalue weighted by Gasteiger charge is 2.03. The number of halogens is 1. The third-order valence-corrected chi connectivity index (χ3v) is 2.60. The summed E-state index contributed by atoms with van der Waals surface area (Å²) in [6, 6.07) is 6.62. The highest BCUT2D eigenvalue weighted by Crippen LogP contribution is 2.17. The third kappa shape index (κ3) is 2.24. The standard InChI is InChI=1S/C13H14FNO/c1-9-5-6-16-13(9)8-15-12-4-3-11(14)7-10(12)2/h3-7,15H,8H2,1-2H3. The molecule has 1 aromatic carbocycles. The summed E-state index contributed by atoms with van der Waals surface area (Å²) in [5, 5.41) is 3.22. The van der Waals surface area contributed by atoms with E-state index in [0.717, 1.165) is 22.6 Å². The highest BCUT2D eigenvalue weighted by molar-refractivity contribution is 5.50. The Labute approximate surface area is 94.1 Å². The second kappa shape index (κ2) is 4.39. The van der Waals surface area contributed by atoms with Gasteiger partial charge in [-0.15, -0.1) is 0 Å². The maximum absolute atomic E-state index is 12.9. The Kier molecular flexibility index (Phi) is 2.95. The zero-order valence-electron chi connectivity index (χ0n) is 9.38. The molecular weight excluding hydrogens is 205 g/mol. The Morgan fingerprint density at radius 3 is 2.62 bits per heavy atom. The molecule has 0 aliphatic rings. The van der Waals surface area contributed by atoms with Crippen LogP contribution >= 0.6 is 0 Å². The summed E-state index contributed by atoms with van der Waals surface area (Å²) >= 11 is 0. The Hall–Kier alpha value is -1.77. The van der Waals surface area contributed by atoms with Gasteiger partial charge in [0.1, 0.15) is 11.6 Å². The van der Waals surface area contributed by atoms with E-state index in [1.807, 2.05) is 19.9 Å². The van der Waals surface area contributed by atoms with Crippen molar-refractivity contribution in [3.63, 3.8) is 0 Å². The van der Waals surface area contributed by atoms with Crippen LogP contribution in [0.3, 0.4) is 0 Å². The first kappa shape index (κ1) is 10.7. The minimum Gasteiger partial charge on any atom is -0.467 e. The van der Waals surface area contributed by atoms with Gasteiger partial charge < -0.3 is 9.73 Å². The van der Waals surface area contributed by atoms with Crippen molar-refractivity contribution in [2.45, 2.75) is 20.4 Å². The molecule has 2 aromatic rings. The van der Waals surface area contributed by atoms with E-state index in [-0.39, 0.29) is 5.82 Å². The van der Waals surface area contributed by atoms with Gasteiger partial charge in [-0.1, -0.05) is 0 Å². The largest absolute Gasteiger partial charge is 0.467 e. The van der Waals surface area contributed by atoms with Crippen LogP contribution in [0.5, 0.6) is 0 Å². The van der Waals surface area contributed by atoms with Crippen molar-refractivity contribution in [2.75, 3.05) is 5.32 Å². The topological polar surface area (TPSA) is 25.2 Å². The Balaban J connectivity index is 2.08. The van der Waals surface area contributed by atoms with Crippen LogP contribution in [0.15, 0.2) is 34.9 Å². The summed E-state index contributed by atoms with van der Waals surface area (Å²) in [7, 11) is 0. The van der Waals surface area contributed by atoms with Gasteiger partial charge >= 0.3 is 0 Å². The molecule has 84 valence electrons. The molecule has 0 atom stereocenters. The van der Waals surface area contributed by atoms with Crippen LogP contribution in [0.2, 0.25) is 0 Å². The van der Waals surface area contributed by atoms with Crippen LogP contribution in [0.1, 0.15) is 16.9 Å². The number of rotatable bonds is 3. The number of benzene rings is 1. The molecule has 0 unspecified atom stereocenters. The fourth-order valence-corrected chi connectivity index (χ4v) is 1.59. The molecule has 0 bridgehead atoms. The van der Waals surface area contributed by atoms with Crippen molar-refractivity contribution < 1.29 is 8.81 Å². The molecule has 0 saturated carbocycles. The van der Waals surface area contributed by atoms with Crippen LogP contribution in [-0.2, 0) is 6.54 Å². The van der Waals surface area contributed by atoms with Gasteiger partial charge in [-0.25, -0.2) is 4.39 Å².